The molecule has 33 heavy (non-hydrogen) atoms. The van der Waals surface area contributed by atoms with Crippen LogP contribution in [-0.4, -0.2) is 43.5 Å². The second-order valence-corrected chi connectivity index (χ2v) is 7.48. The molecule has 1 heterocycles. The number of rotatable bonds is 7. The number of nitrogens with zero attached hydrogens (tertiary/aromatic N) is 2. The first-order chi connectivity index (χ1) is 15.6. The van der Waals surface area contributed by atoms with Crippen molar-refractivity contribution in [2.24, 2.45) is 5.92 Å². The Bertz CT molecular complexity index is 1050. The van der Waals surface area contributed by atoms with Gasteiger partial charge in [-0.25, -0.2) is 0 Å². The number of anilines is 1. The second kappa shape index (κ2) is 9.88. The molecule has 0 N–H and O–H groups in total. The van der Waals surface area contributed by atoms with E-state index in [4.69, 9.17) is 9.47 Å². The molecule has 0 aromatic heterocycles. The van der Waals surface area contributed by atoms with E-state index in [0.717, 1.165) is 12.1 Å². The number of halogens is 3. The summed E-state index contributed by atoms with van der Waals surface area (Å²) in [5, 5.41) is 11.3. The summed E-state index contributed by atoms with van der Waals surface area (Å²) in [6.07, 6.45) is -4.13. The SMILES string of the molecule is COc1cccc(C(=O)COC(=O)C2CCN(c3ccc(C(F)(F)F)cc3[N+](=O)[O-])CC2)c1. The molecule has 1 saturated heterocycles. The lowest BCUT2D eigenvalue weighted by atomic mass is 9.96. The Kier molecular flexibility index (Phi) is 7.19. The molecular formula is C22H21F3N2O6. The molecule has 11 heteroatoms. The highest BCUT2D eigenvalue weighted by molar-refractivity contribution is 5.98. The zero-order valence-electron chi connectivity index (χ0n) is 17.6. The summed E-state index contributed by atoms with van der Waals surface area (Å²) in [4.78, 5) is 36.7. The van der Waals surface area contributed by atoms with Crippen molar-refractivity contribution in [3.8, 4) is 5.75 Å². The van der Waals surface area contributed by atoms with Crippen LogP contribution in [0.3, 0.4) is 0 Å². The number of ether oxygens (including phenoxy) is 2. The minimum Gasteiger partial charge on any atom is -0.497 e. The van der Waals surface area contributed by atoms with E-state index in [1.54, 1.807) is 23.1 Å². The smallest absolute Gasteiger partial charge is 0.416 e. The van der Waals surface area contributed by atoms with Crippen LogP contribution in [0.15, 0.2) is 42.5 Å². The van der Waals surface area contributed by atoms with Gasteiger partial charge in [0.15, 0.2) is 12.4 Å². The number of carbonyl (C=O) groups is 2. The van der Waals surface area contributed by atoms with Gasteiger partial charge >= 0.3 is 12.1 Å². The summed E-state index contributed by atoms with van der Waals surface area (Å²) in [6.45, 7) is 0.00218. The standard InChI is InChI=1S/C22H21F3N2O6/c1-32-17-4-2-3-15(11-17)20(28)13-33-21(29)14-7-9-26(10-8-14)18-6-5-16(22(23,24)25)12-19(18)27(30)31/h2-6,11-12,14H,7-10,13H2,1H3. The lowest BCUT2D eigenvalue weighted by molar-refractivity contribution is -0.384. The van der Waals surface area contributed by atoms with E-state index in [9.17, 15) is 32.9 Å². The van der Waals surface area contributed by atoms with Gasteiger partial charge in [-0.2, -0.15) is 13.2 Å². The Morgan fingerprint density at radius 2 is 1.85 bits per heavy atom. The quantitative estimate of drug-likeness (QED) is 0.260. The van der Waals surface area contributed by atoms with Crippen LogP contribution < -0.4 is 9.64 Å². The third-order valence-corrected chi connectivity index (χ3v) is 5.41. The fraction of sp³-hybridized carbons (Fsp3) is 0.364. The molecule has 2 aromatic carbocycles. The molecule has 0 radical (unpaired) electrons. The Labute approximate surface area is 187 Å². The van der Waals surface area contributed by atoms with Gasteiger partial charge in [0.1, 0.15) is 11.4 Å². The molecule has 1 aliphatic rings. The monoisotopic (exact) mass is 466 g/mol. The van der Waals surface area contributed by atoms with E-state index in [-0.39, 0.29) is 37.4 Å². The van der Waals surface area contributed by atoms with Gasteiger partial charge in [0.25, 0.3) is 5.69 Å². The number of nitro groups is 1. The number of esters is 1. The number of alkyl halides is 3. The molecule has 176 valence electrons. The number of methoxy groups -OCH3 is 1. The van der Waals surface area contributed by atoms with Crippen LogP contribution in [-0.2, 0) is 15.7 Å². The molecular weight excluding hydrogens is 445 g/mol. The van der Waals surface area contributed by atoms with Crippen LogP contribution in [0.5, 0.6) is 5.75 Å². The van der Waals surface area contributed by atoms with E-state index < -0.39 is 40.8 Å². The van der Waals surface area contributed by atoms with E-state index in [1.807, 2.05) is 0 Å². The Morgan fingerprint density at radius 3 is 2.45 bits per heavy atom. The highest BCUT2D eigenvalue weighted by atomic mass is 19.4. The van der Waals surface area contributed by atoms with Crippen molar-refractivity contribution in [1.82, 2.24) is 0 Å². The first-order valence-corrected chi connectivity index (χ1v) is 10.0. The first-order valence-electron chi connectivity index (χ1n) is 10.0. The number of nitro benzene ring substituents is 1. The van der Waals surface area contributed by atoms with Gasteiger partial charge in [0, 0.05) is 24.7 Å². The number of piperidine rings is 1. The van der Waals surface area contributed by atoms with Crippen LogP contribution in [0.2, 0.25) is 0 Å². The van der Waals surface area contributed by atoms with Crippen molar-refractivity contribution in [1.29, 1.82) is 0 Å². The predicted octanol–water partition coefficient (Wildman–Crippen LogP) is 4.26. The molecule has 0 spiro atoms. The van der Waals surface area contributed by atoms with E-state index in [2.05, 4.69) is 0 Å². The van der Waals surface area contributed by atoms with Gasteiger partial charge in [-0.05, 0) is 37.1 Å². The Balaban J connectivity index is 1.59. The fourth-order valence-electron chi connectivity index (χ4n) is 3.60. The molecule has 2 aromatic rings. The highest BCUT2D eigenvalue weighted by Crippen LogP contribution is 2.37. The Hall–Kier alpha value is -3.63. The number of ketones is 1. The summed E-state index contributed by atoms with van der Waals surface area (Å²) < 4.78 is 48.9. The highest BCUT2D eigenvalue weighted by Gasteiger charge is 2.35. The van der Waals surface area contributed by atoms with E-state index >= 15 is 0 Å². The Morgan fingerprint density at radius 1 is 1.15 bits per heavy atom. The maximum atomic E-state index is 12.9. The number of carbonyl (C=O) groups excluding carboxylic acids is 2. The number of hydrogen-bond donors (Lipinski definition) is 0. The lowest BCUT2D eigenvalue weighted by Crippen LogP contribution is -2.37. The average Bonchev–Trinajstić information content (AvgIpc) is 2.81. The molecule has 0 amide bonds. The maximum Gasteiger partial charge on any atom is 0.416 e. The molecule has 0 unspecified atom stereocenters. The zero-order chi connectivity index (χ0) is 24.2. The lowest BCUT2D eigenvalue weighted by Gasteiger charge is -2.32. The second-order valence-electron chi connectivity index (χ2n) is 7.48. The number of Topliss-reactive ketones (excluding diaryl/α,β-unsaturated/α-hetero) is 1. The van der Waals surface area contributed by atoms with Crippen molar-refractivity contribution in [2.75, 3.05) is 31.7 Å². The zero-order valence-corrected chi connectivity index (χ0v) is 17.6. The predicted molar refractivity (Wildman–Crippen MR) is 111 cm³/mol. The minimum absolute atomic E-state index is 0.0630. The molecule has 8 nitrogen and oxygen atoms in total. The van der Waals surface area contributed by atoms with Crippen LogP contribution in [0.1, 0.15) is 28.8 Å². The first kappa shape index (κ1) is 24.0. The summed E-state index contributed by atoms with van der Waals surface area (Å²) in [6, 6.07) is 8.82. The molecule has 0 aliphatic carbocycles. The van der Waals surface area contributed by atoms with Crippen LogP contribution in [0.4, 0.5) is 24.5 Å². The third kappa shape index (κ3) is 5.79. The molecule has 1 aliphatic heterocycles. The maximum absolute atomic E-state index is 12.9. The molecule has 0 atom stereocenters. The van der Waals surface area contributed by atoms with Crippen molar-refractivity contribution in [3.63, 3.8) is 0 Å². The van der Waals surface area contributed by atoms with Gasteiger partial charge in [-0.3, -0.25) is 19.7 Å². The van der Waals surface area contributed by atoms with Gasteiger partial charge < -0.3 is 14.4 Å². The summed E-state index contributed by atoms with van der Waals surface area (Å²) in [5.41, 5.74) is -1.34. The normalized spacial score (nSPS) is 14.6. The third-order valence-electron chi connectivity index (χ3n) is 5.41. The van der Waals surface area contributed by atoms with Gasteiger partial charge in [0.05, 0.1) is 23.5 Å². The molecule has 0 saturated carbocycles. The van der Waals surface area contributed by atoms with Gasteiger partial charge in [-0.15, -0.1) is 0 Å². The average molecular weight is 466 g/mol. The largest absolute Gasteiger partial charge is 0.497 e. The van der Waals surface area contributed by atoms with Crippen molar-refractivity contribution >= 4 is 23.1 Å². The summed E-state index contributed by atoms with van der Waals surface area (Å²) in [5.74, 6) is -0.974. The van der Waals surface area contributed by atoms with Crippen LogP contribution in [0, 0.1) is 16.0 Å². The van der Waals surface area contributed by atoms with Gasteiger partial charge in [0.2, 0.25) is 0 Å². The van der Waals surface area contributed by atoms with Crippen molar-refractivity contribution in [2.45, 2.75) is 19.0 Å². The van der Waals surface area contributed by atoms with E-state index in [1.165, 1.54) is 13.2 Å². The van der Waals surface area contributed by atoms with Crippen molar-refractivity contribution < 1.29 is 37.2 Å². The fourth-order valence-corrected chi connectivity index (χ4v) is 3.60. The van der Waals surface area contributed by atoms with Crippen LogP contribution >= 0.6 is 0 Å². The summed E-state index contributed by atoms with van der Waals surface area (Å²) in [7, 11) is 1.47. The minimum atomic E-state index is -4.69. The summed E-state index contributed by atoms with van der Waals surface area (Å²) >= 11 is 0. The number of hydrogen-bond acceptors (Lipinski definition) is 7. The topological polar surface area (TPSA) is 99.0 Å². The molecule has 1 fully saturated rings. The van der Waals surface area contributed by atoms with Gasteiger partial charge in [-0.1, -0.05) is 12.1 Å². The molecule has 3 rings (SSSR count). The molecule has 0 bridgehead atoms. The number of benzene rings is 2. The van der Waals surface area contributed by atoms with E-state index in [0.29, 0.717) is 17.4 Å². The van der Waals surface area contributed by atoms with Crippen LogP contribution in [0.25, 0.3) is 0 Å². The van der Waals surface area contributed by atoms with Crippen molar-refractivity contribution in [3.05, 3.63) is 63.7 Å².